The highest BCUT2D eigenvalue weighted by Crippen LogP contribution is 1.91. The fraction of sp³-hybridized carbons (Fsp3) is 1.00. The standard InChI is InChI=1S/C6H16O3Si.C3H8N2/c1-4-7-10(8-5-2)9-6-3;4-3-1-5-2-3/h10H,4-6H2,1-3H3;3,5H,1-2,4H2. The molecule has 15 heavy (non-hydrogen) atoms. The summed E-state index contributed by atoms with van der Waals surface area (Å²) in [6.45, 7) is 9.89. The van der Waals surface area contributed by atoms with E-state index in [1.807, 2.05) is 20.8 Å². The van der Waals surface area contributed by atoms with Crippen molar-refractivity contribution in [3.63, 3.8) is 0 Å². The molecule has 0 aliphatic carbocycles. The van der Waals surface area contributed by atoms with E-state index in [1.54, 1.807) is 0 Å². The molecule has 0 aromatic carbocycles. The van der Waals surface area contributed by atoms with E-state index in [0.29, 0.717) is 25.9 Å². The first-order valence-corrected chi connectivity index (χ1v) is 6.97. The molecule has 3 N–H and O–H groups in total. The lowest BCUT2D eigenvalue weighted by Crippen LogP contribution is -2.52. The van der Waals surface area contributed by atoms with Gasteiger partial charge in [0.05, 0.1) is 0 Å². The van der Waals surface area contributed by atoms with Crippen LogP contribution >= 0.6 is 0 Å². The summed E-state index contributed by atoms with van der Waals surface area (Å²) in [5.41, 5.74) is 5.32. The summed E-state index contributed by atoms with van der Waals surface area (Å²) in [7, 11) is -1.73. The van der Waals surface area contributed by atoms with Gasteiger partial charge in [0, 0.05) is 39.0 Å². The van der Waals surface area contributed by atoms with Crippen LogP contribution < -0.4 is 11.1 Å². The molecule has 0 aromatic rings. The lowest BCUT2D eigenvalue weighted by Gasteiger charge is -2.21. The van der Waals surface area contributed by atoms with Crippen molar-refractivity contribution < 1.29 is 13.3 Å². The molecule has 0 bridgehead atoms. The predicted octanol–water partition coefficient (Wildman–Crippen LogP) is -0.270. The van der Waals surface area contributed by atoms with Gasteiger partial charge in [0.1, 0.15) is 0 Å². The van der Waals surface area contributed by atoms with Gasteiger partial charge in [-0.05, 0) is 20.8 Å². The zero-order valence-electron chi connectivity index (χ0n) is 9.99. The lowest BCUT2D eigenvalue weighted by atomic mass is 10.2. The maximum Gasteiger partial charge on any atom is 0.484 e. The second-order valence-electron chi connectivity index (χ2n) is 3.07. The van der Waals surface area contributed by atoms with Crippen molar-refractivity contribution in [2.24, 2.45) is 5.73 Å². The number of hydrogen-bond acceptors (Lipinski definition) is 5. The van der Waals surface area contributed by atoms with E-state index >= 15 is 0 Å². The van der Waals surface area contributed by atoms with Crippen molar-refractivity contribution in [1.82, 2.24) is 5.32 Å². The molecular formula is C9H24N2O3Si. The minimum Gasteiger partial charge on any atom is -0.376 e. The molecule has 1 fully saturated rings. The molecule has 0 atom stereocenters. The number of nitrogens with two attached hydrogens (primary N) is 1. The van der Waals surface area contributed by atoms with Crippen molar-refractivity contribution in [1.29, 1.82) is 0 Å². The molecule has 0 radical (unpaired) electrons. The van der Waals surface area contributed by atoms with Crippen LogP contribution in [0.1, 0.15) is 20.8 Å². The van der Waals surface area contributed by atoms with E-state index in [9.17, 15) is 0 Å². The first kappa shape index (κ1) is 15.0. The highest BCUT2D eigenvalue weighted by atomic mass is 28.3. The zero-order valence-corrected chi connectivity index (χ0v) is 11.1. The fourth-order valence-electron chi connectivity index (χ4n) is 0.864. The van der Waals surface area contributed by atoms with E-state index in [2.05, 4.69) is 5.32 Å². The van der Waals surface area contributed by atoms with Gasteiger partial charge in [0.15, 0.2) is 0 Å². The van der Waals surface area contributed by atoms with Gasteiger partial charge >= 0.3 is 9.53 Å². The summed E-state index contributed by atoms with van der Waals surface area (Å²) in [4.78, 5) is 0. The number of rotatable bonds is 6. The average Bonchev–Trinajstić information content (AvgIpc) is 2.17. The summed E-state index contributed by atoms with van der Waals surface area (Å²) < 4.78 is 15.7. The highest BCUT2D eigenvalue weighted by Gasteiger charge is 2.11. The molecule has 5 nitrogen and oxygen atoms in total. The van der Waals surface area contributed by atoms with Crippen LogP contribution in [-0.2, 0) is 13.3 Å². The number of nitrogens with one attached hydrogen (secondary N) is 1. The molecule has 1 saturated heterocycles. The van der Waals surface area contributed by atoms with E-state index in [-0.39, 0.29) is 0 Å². The molecule has 0 amide bonds. The Morgan fingerprint density at radius 3 is 1.53 bits per heavy atom. The maximum absolute atomic E-state index is 5.32. The summed E-state index contributed by atoms with van der Waals surface area (Å²) in [5, 5.41) is 3.04. The Balaban J connectivity index is 0.000000322. The Morgan fingerprint density at radius 1 is 1.07 bits per heavy atom. The van der Waals surface area contributed by atoms with Crippen molar-refractivity contribution in [2.45, 2.75) is 26.8 Å². The van der Waals surface area contributed by atoms with Crippen molar-refractivity contribution in [3.05, 3.63) is 0 Å². The van der Waals surface area contributed by atoms with Crippen LogP contribution in [0, 0.1) is 0 Å². The minimum absolute atomic E-state index is 0.454. The third-order valence-electron chi connectivity index (χ3n) is 1.72. The molecule has 6 heteroatoms. The minimum atomic E-state index is -1.73. The molecule has 1 heterocycles. The molecule has 0 saturated carbocycles. The average molecular weight is 236 g/mol. The summed E-state index contributed by atoms with van der Waals surface area (Å²) in [6.07, 6.45) is 0. The Bertz CT molecular complexity index is 122. The van der Waals surface area contributed by atoms with Crippen molar-refractivity contribution in [3.8, 4) is 0 Å². The van der Waals surface area contributed by atoms with Crippen molar-refractivity contribution >= 4 is 9.53 Å². The Kier molecular flexibility index (Phi) is 10.5. The highest BCUT2D eigenvalue weighted by molar-refractivity contribution is 6.36. The van der Waals surface area contributed by atoms with Crippen LogP contribution in [0.25, 0.3) is 0 Å². The van der Waals surface area contributed by atoms with Crippen LogP contribution in [0.3, 0.4) is 0 Å². The van der Waals surface area contributed by atoms with Gasteiger partial charge in [-0.3, -0.25) is 0 Å². The van der Waals surface area contributed by atoms with Gasteiger partial charge in [0.2, 0.25) is 0 Å². The van der Waals surface area contributed by atoms with E-state index < -0.39 is 9.53 Å². The SMILES string of the molecule is CCO[SiH](OCC)OCC.NC1CNC1. The molecular weight excluding hydrogens is 212 g/mol. The Morgan fingerprint density at radius 2 is 1.40 bits per heavy atom. The van der Waals surface area contributed by atoms with Gasteiger partial charge in [-0.25, -0.2) is 0 Å². The van der Waals surface area contributed by atoms with Gasteiger partial charge in [-0.2, -0.15) is 0 Å². The van der Waals surface area contributed by atoms with E-state index in [1.165, 1.54) is 0 Å². The molecule has 0 aromatic heterocycles. The molecule has 1 aliphatic rings. The molecule has 1 rings (SSSR count). The summed E-state index contributed by atoms with van der Waals surface area (Å²) in [5.74, 6) is 0. The Hall–Kier alpha value is 0.0169. The van der Waals surface area contributed by atoms with Crippen LogP contribution in [0.2, 0.25) is 0 Å². The summed E-state index contributed by atoms with van der Waals surface area (Å²) >= 11 is 0. The second-order valence-corrected chi connectivity index (χ2v) is 4.65. The van der Waals surface area contributed by atoms with Crippen LogP contribution in [0.15, 0.2) is 0 Å². The van der Waals surface area contributed by atoms with Crippen LogP contribution in [-0.4, -0.2) is 48.5 Å². The van der Waals surface area contributed by atoms with Crippen molar-refractivity contribution in [2.75, 3.05) is 32.9 Å². The smallest absolute Gasteiger partial charge is 0.376 e. The number of hydrogen-bond donors (Lipinski definition) is 2. The third kappa shape index (κ3) is 8.98. The largest absolute Gasteiger partial charge is 0.484 e. The first-order valence-electron chi connectivity index (χ1n) is 5.55. The summed E-state index contributed by atoms with van der Waals surface area (Å²) in [6, 6.07) is 0.454. The fourth-order valence-corrected chi connectivity index (χ4v) is 1.97. The second kappa shape index (κ2) is 10.5. The van der Waals surface area contributed by atoms with Crippen LogP contribution in [0.4, 0.5) is 0 Å². The van der Waals surface area contributed by atoms with Gasteiger partial charge in [-0.1, -0.05) is 0 Å². The predicted molar refractivity (Wildman–Crippen MR) is 62.9 cm³/mol. The van der Waals surface area contributed by atoms with E-state index in [0.717, 1.165) is 13.1 Å². The van der Waals surface area contributed by atoms with Gasteiger partial charge in [-0.15, -0.1) is 0 Å². The Labute approximate surface area is 94.2 Å². The normalized spacial score (nSPS) is 15.8. The zero-order chi connectivity index (χ0) is 11.5. The topological polar surface area (TPSA) is 65.7 Å². The van der Waals surface area contributed by atoms with Crippen LogP contribution in [0.5, 0.6) is 0 Å². The first-order chi connectivity index (χ1) is 7.24. The molecule has 1 aliphatic heterocycles. The molecule has 0 unspecified atom stereocenters. The quantitative estimate of drug-likeness (QED) is 0.622. The maximum atomic E-state index is 5.32. The third-order valence-corrected chi connectivity index (χ3v) is 3.54. The molecule has 0 spiro atoms. The lowest BCUT2D eigenvalue weighted by molar-refractivity contribution is 0.107. The monoisotopic (exact) mass is 236 g/mol. The van der Waals surface area contributed by atoms with Gasteiger partial charge < -0.3 is 24.3 Å². The molecule has 92 valence electrons. The van der Waals surface area contributed by atoms with E-state index in [4.69, 9.17) is 19.0 Å². The van der Waals surface area contributed by atoms with Gasteiger partial charge in [0.25, 0.3) is 0 Å².